The number of fused-ring (bicyclic) bond motifs is 1. The van der Waals surface area contributed by atoms with Crippen molar-refractivity contribution in [3.63, 3.8) is 0 Å². The lowest BCUT2D eigenvalue weighted by Crippen LogP contribution is -2.38. The predicted molar refractivity (Wildman–Crippen MR) is 132 cm³/mol. The molecule has 9 nitrogen and oxygen atoms in total. The fourth-order valence-electron chi connectivity index (χ4n) is 4.30. The van der Waals surface area contributed by atoms with Crippen molar-refractivity contribution in [2.45, 2.75) is 31.8 Å². The lowest BCUT2D eigenvalue weighted by Gasteiger charge is -2.27. The summed E-state index contributed by atoms with van der Waals surface area (Å²) in [6.45, 7) is 0. The van der Waals surface area contributed by atoms with Gasteiger partial charge in [0.25, 0.3) is 0 Å². The first kappa shape index (κ1) is 23.9. The maximum atomic E-state index is 13.4. The van der Waals surface area contributed by atoms with Crippen LogP contribution in [0.2, 0.25) is 0 Å². The molecule has 1 aliphatic carbocycles. The second-order valence-corrected chi connectivity index (χ2v) is 10.6. The molecule has 0 saturated heterocycles. The third kappa shape index (κ3) is 5.51. The molecular weight excluding hydrogens is 485 g/mol. The molecule has 0 bridgehead atoms. The first-order chi connectivity index (χ1) is 17.2. The molecule has 3 heterocycles. The summed E-state index contributed by atoms with van der Waals surface area (Å²) in [5.41, 5.74) is 3.64. The molecule has 0 unspecified atom stereocenters. The molecule has 1 amide bonds. The van der Waals surface area contributed by atoms with Gasteiger partial charge in [-0.25, -0.2) is 22.8 Å². The fraction of sp³-hybridized carbons (Fsp3) is 0.280. The van der Waals surface area contributed by atoms with Crippen LogP contribution in [0.25, 0.3) is 33.7 Å². The molecule has 1 saturated carbocycles. The number of carbonyl (C=O) groups excluding carboxylic acids is 1. The highest BCUT2D eigenvalue weighted by Crippen LogP contribution is 2.28. The van der Waals surface area contributed by atoms with E-state index in [2.05, 4.69) is 24.7 Å². The summed E-state index contributed by atoms with van der Waals surface area (Å²) in [6.07, 6.45) is 6.68. The van der Waals surface area contributed by atoms with Gasteiger partial charge in [-0.15, -0.1) is 0 Å². The number of sulfonamides is 1. The summed E-state index contributed by atoms with van der Waals surface area (Å²) in [4.78, 5) is 28.5. The normalized spacial score (nSPS) is 18.2. The van der Waals surface area contributed by atoms with E-state index in [1.165, 1.54) is 12.1 Å². The van der Waals surface area contributed by atoms with Gasteiger partial charge in [0, 0.05) is 41.6 Å². The number of carbonyl (C=O) groups is 1. The number of hydrogen-bond donors (Lipinski definition) is 2. The summed E-state index contributed by atoms with van der Waals surface area (Å²) in [6, 6.07) is 11.8. The molecule has 0 aliphatic heterocycles. The van der Waals surface area contributed by atoms with E-state index in [-0.39, 0.29) is 17.8 Å². The van der Waals surface area contributed by atoms with E-state index in [1.807, 2.05) is 18.2 Å². The highest BCUT2D eigenvalue weighted by atomic mass is 32.2. The van der Waals surface area contributed by atoms with Crippen molar-refractivity contribution >= 4 is 27.0 Å². The number of rotatable bonds is 6. The van der Waals surface area contributed by atoms with Crippen LogP contribution in [-0.4, -0.2) is 46.6 Å². The number of pyridine rings is 2. The van der Waals surface area contributed by atoms with Crippen molar-refractivity contribution in [2.24, 2.45) is 5.92 Å². The monoisotopic (exact) mass is 509 g/mol. The molecule has 3 aromatic heterocycles. The third-order valence-corrected chi connectivity index (χ3v) is 6.70. The van der Waals surface area contributed by atoms with Crippen molar-refractivity contribution < 1.29 is 22.3 Å². The van der Waals surface area contributed by atoms with Gasteiger partial charge in [0.15, 0.2) is 0 Å². The van der Waals surface area contributed by atoms with Gasteiger partial charge in [0.2, 0.25) is 21.8 Å². The van der Waals surface area contributed by atoms with Gasteiger partial charge < -0.3 is 9.72 Å². The average Bonchev–Trinajstić information content (AvgIpc) is 3.27. The topological polar surface area (TPSA) is 127 Å². The Hall–Kier alpha value is -3.86. The van der Waals surface area contributed by atoms with Gasteiger partial charge >= 0.3 is 0 Å². The summed E-state index contributed by atoms with van der Waals surface area (Å²) < 4.78 is 44.0. The van der Waals surface area contributed by atoms with Gasteiger partial charge in [-0.3, -0.25) is 14.5 Å². The van der Waals surface area contributed by atoms with Crippen LogP contribution in [0.15, 0.2) is 54.9 Å². The first-order valence-corrected chi connectivity index (χ1v) is 13.4. The van der Waals surface area contributed by atoms with E-state index < -0.39 is 15.9 Å². The molecular formula is C25H24FN5O4S. The zero-order valence-electron chi connectivity index (χ0n) is 19.4. The van der Waals surface area contributed by atoms with Crippen LogP contribution in [-0.2, 0) is 14.8 Å². The van der Waals surface area contributed by atoms with Gasteiger partial charge in [0.1, 0.15) is 17.7 Å². The van der Waals surface area contributed by atoms with Crippen LogP contribution in [0.3, 0.4) is 0 Å². The maximum Gasteiger partial charge on any atom is 0.236 e. The number of H-pyrrole nitrogens is 1. The minimum atomic E-state index is -3.55. The standard InChI is InChI=1S/C25H24FN5O4S/c1-36(33,34)31-25(32)15-2-7-19(8-3-15)35-23-11-5-16(13-28-23)20-9-4-17(14-27-20)24-29-21-10-6-18(26)12-22(21)30-24/h4-6,9-15,19H,2-3,7-8H2,1H3,(H,29,30)(H,31,32)/t15-,19+. The molecule has 186 valence electrons. The minimum absolute atomic E-state index is 0.0830. The highest BCUT2D eigenvalue weighted by molar-refractivity contribution is 7.89. The number of aromatic amines is 1. The van der Waals surface area contributed by atoms with Gasteiger partial charge in [-0.2, -0.15) is 0 Å². The largest absolute Gasteiger partial charge is 0.474 e. The van der Waals surface area contributed by atoms with Crippen molar-refractivity contribution in [1.82, 2.24) is 24.7 Å². The van der Waals surface area contributed by atoms with Crippen LogP contribution < -0.4 is 9.46 Å². The smallest absolute Gasteiger partial charge is 0.236 e. The maximum absolute atomic E-state index is 13.4. The number of aromatic nitrogens is 4. The van der Waals surface area contributed by atoms with Gasteiger partial charge in [0.05, 0.1) is 23.0 Å². The SMILES string of the molecule is CS(=O)(=O)NC(=O)[C@H]1CC[C@@H](Oc2ccc(-c3ccc(-c4nc5cc(F)ccc5[nH]4)cn3)cn2)CC1. The van der Waals surface area contributed by atoms with Crippen molar-refractivity contribution in [2.75, 3.05) is 6.26 Å². The number of halogens is 1. The Labute approximate surface area is 207 Å². The van der Waals surface area contributed by atoms with Crippen molar-refractivity contribution in [3.05, 3.63) is 60.7 Å². The summed E-state index contributed by atoms with van der Waals surface area (Å²) in [7, 11) is -3.55. The minimum Gasteiger partial charge on any atom is -0.474 e. The lowest BCUT2D eigenvalue weighted by atomic mass is 9.87. The average molecular weight is 510 g/mol. The molecule has 0 atom stereocenters. The third-order valence-electron chi connectivity index (χ3n) is 6.13. The van der Waals surface area contributed by atoms with Crippen LogP contribution in [0, 0.1) is 11.7 Å². The Morgan fingerprint density at radius 2 is 1.78 bits per heavy atom. The summed E-state index contributed by atoms with van der Waals surface area (Å²) >= 11 is 0. The number of benzene rings is 1. The Kier molecular flexibility index (Phi) is 6.40. The van der Waals surface area contributed by atoms with Crippen molar-refractivity contribution in [1.29, 1.82) is 0 Å². The van der Waals surface area contributed by atoms with E-state index >= 15 is 0 Å². The Bertz CT molecular complexity index is 1500. The molecule has 36 heavy (non-hydrogen) atoms. The number of nitrogens with one attached hydrogen (secondary N) is 2. The zero-order chi connectivity index (χ0) is 25.3. The van der Waals surface area contributed by atoms with E-state index in [4.69, 9.17) is 4.74 Å². The quantitative estimate of drug-likeness (QED) is 0.404. The molecule has 4 aromatic rings. The number of ether oxygens (including phenoxy) is 1. The number of amides is 1. The van der Waals surface area contributed by atoms with Gasteiger partial charge in [-0.1, -0.05) is 0 Å². The Balaban J connectivity index is 1.19. The van der Waals surface area contributed by atoms with Crippen LogP contribution in [0.4, 0.5) is 4.39 Å². The molecule has 5 rings (SSSR count). The number of nitrogens with zero attached hydrogens (tertiary/aromatic N) is 3. The van der Waals surface area contributed by atoms with E-state index in [0.29, 0.717) is 42.9 Å². The predicted octanol–water partition coefficient (Wildman–Crippen LogP) is 3.84. The fourth-order valence-corrected chi connectivity index (χ4v) is 4.83. The van der Waals surface area contributed by atoms with Crippen LogP contribution >= 0.6 is 0 Å². The van der Waals surface area contributed by atoms with E-state index in [1.54, 1.807) is 24.5 Å². The molecule has 1 aliphatic rings. The van der Waals surface area contributed by atoms with Crippen LogP contribution in [0.5, 0.6) is 5.88 Å². The molecule has 1 fully saturated rings. The molecule has 11 heteroatoms. The first-order valence-electron chi connectivity index (χ1n) is 11.5. The van der Waals surface area contributed by atoms with E-state index in [0.717, 1.165) is 28.6 Å². The molecule has 0 spiro atoms. The summed E-state index contributed by atoms with van der Waals surface area (Å²) in [5, 5.41) is 0. The molecule has 1 aromatic carbocycles. The number of imidazole rings is 1. The molecule has 2 N–H and O–H groups in total. The van der Waals surface area contributed by atoms with E-state index in [9.17, 15) is 17.6 Å². The van der Waals surface area contributed by atoms with Crippen molar-refractivity contribution in [3.8, 4) is 28.5 Å². The zero-order valence-corrected chi connectivity index (χ0v) is 20.3. The van der Waals surface area contributed by atoms with Gasteiger partial charge in [-0.05, 0) is 56.0 Å². The second-order valence-electron chi connectivity index (χ2n) is 8.89. The lowest BCUT2D eigenvalue weighted by molar-refractivity contribution is -0.124. The Morgan fingerprint density at radius 1 is 1.03 bits per heavy atom. The van der Waals surface area contributed by atoms with Crippen LogP contribution in [0.1, 0.15) is 25.7 Å². The summed E-state index contributed by atoms with van der Waals surface area (Å²) in [5.74, 6) is -0.0246. The highest BCUT2D eigenvalue weighted by Gasteiger charge is 2.28. The number of hydrogen-bond acceptors (Lipinski definition) is 7. The molecule has 0 radical (unpaired) electrons. The Morgan fingerprint density at radius 3 is 2.44 bits per heavy atom. The second kappa shape index (κ2) is 9.65.